The van der Waals surface area contributed by atoms with Crippen LogP contribution in [-0.4, -0.2) is 50.6 Å². The highest BCUT2D eigenvalue weighted by Gasteiger charge is 2.12. The van der Waals surface area contributed by atoms with Crippen LogP contribution in [0.4, 0.5) is 0 Å². The maximum Gasteiger partial charge on any atom is 0.0672 e. The van der Waals surface area contributed by atoms with E-state index >= 15 is 0 Å². The van der Waals surface area contributed by atoms with E-state index in [0.717, 1.165) is 26.3 Å². The van der Waals surface area contributed by atoms with Crippen LogP contribution in [0.25, 0.3) is 0 Å². The molecule has 0 spiro atoms. The highest BCUT2D eigenvalue weighted by atomic mass is 16.5. The van der Waals surface area contributed by atoms with Gasteiger partial charge in [-0.05, 0) is 27.7 Å². The van der Waals surface area contributed by atoms with Gasteiger partial charge in [0.05, 0.1) is 25.4 Å². The van der Waals surface area contributed by atoms with Crippen molar-refractivity contribution < 1.29 is 9.47 Å². The van der Waals surface area contributed by atoms with Crippen LogP contribution in [0.15, 0.2) is 0 Å². The Morgan fingerprint density at radius 2 is 1.12 bits per heavy atom. The van der Waals surface area contributed by atoms with Gasteiger partial charge in [-0.1, -0.05) is 0 Å². The summed E-state index contributed by atoms with van der Waals surface area (Å²) >= 11 is 0. The molecule has 0 amide bonds. The molecule has 0 aromatic carbocycles. The molecule has 0 saturated carbocycles. The molecule has 2 saturated heterocycles. The highest BCUT2D eigenvalue weighted by Crippen LogP contribution is 1.98. The summed E-state index contributed by atoms with van der Waals surface area (Å²) < 4.78 is 10.7. The van der Waals surface area contributed by atoms with Gasteiger partial charge >= 0.3 is 0 Å². The van der Waals surface area contributed by atoms with E-state index in [4.69, 9.17) is 9.47 Å². The fraction of sp³-hybridized carbons (Fsp3) is 1.00. The van der Waals surface area contributed by atoms with E-state index in [9.17, 15) is 0 Å². The summed E-state index contributed by atoms with van der Waals surface area (Å²) in [5.41, 5.74) is 0. The summed E-state index contributed by atoms with van der Waals surface area (Å²) in [7, 11) is 0. The zero-order valence-electron chi connectivity index (χ0n) is 11.0. The molecule has 2 aliphatic heterocycles. The van der Waals surface area contributed by atoms with E-state index in [1.165, 1.54) is 0 Å². The summed E-state index contributed by atoms with van der Waals surface area (Å²) in [6.07, 6.45) is 0.817. The fourth-order valence-corrected chi connectivity index (χ4v) is 1.59. The predicted octanol–water partition coefficient (Wildman–Crippen LogP) is 0.766. The zero-order valence-corrected chi connectivity index (χ0v) is 11.0. The minimum atomic E-state index is 0.409. The normalized spacial score (nSPS) is 39.8. The largest absolute Gasteiger partial charge is 0.376 e. The first kappa shape index (κ1) is 13.9. The number of hydrogen-bond acceptors (Lipinski definition) is 4. The minimum Gasteiger partial charge on any atom is -0.376 e. The molecule has 0 aromatic heterocycles. The molecule has 0 aromatic rings. The number of nitrogens with one attached hydrogen (secondary N) is 2. The average molecular weight is 230 g/mol. The summed E-state index contributed by atoms with van der Waals surface area (Å²) in [6.45, 7) is 12.2. The van der Waals surface area contributed by atoms with Gasteiger partial charge in [-0.2, -0.15) is 0 Å². The number of ether oxygens (including phenoxy) is 2. The van der Waals surface area contributed by atoms with Gasteiger partial charge in [0.1, 0.15) is 0 Å². The van der Waals surface area contributed by atoms with E-state index in [1.54, 1.807) is 0 Å². The molecule has 96 valence electrons. The Morgan fingerprint density at radius 3 is 1.31 bits per heavy atom. The van der Waals surface area contributed by atoms with Gasteiger partial charge in [0.15, 0.2) is 0 Å². The van der Waals surface area contributed by atoms with Gasteiger partial charge in [0.2, 0.25) is 0 Å². The Bertz CT molecular complexity index is 134. The molecule has 0 aliphatic carbocycles. The summed E-state index contributed by atoms with van der Waals surface area (Å²) in [4.78, 5) is 0. The number of morpholine rings is 2. The lowest BCUT2D eigenvalue weighted by Crippen LogP contribution is -2.43. The van der Waals surface area contributed by atoms with Crippen LogP contribution in [0.5, 0.6) is 0 Å². The average Bonchev–Trinajstić information content (AvgIpc) is 2.28. The lowest BCUT2D eigenvalue weighted by atomic mass is 10.3. The second kappa shape index (κ2) is 7.22. The van der Waals surface area contributed by atoms with Gasteiger partial charge in [-0.25, -0.2) is 0 Å². The maximum atomic E-state index is 5.33. The Labute approximate surface area is 99.1 Å². The molecule has 4 atom stereocenters. The topological polar surface area (TPSA) is 42.5 Å². The highest BCUT2D eigenvalue weighted by molar-refractivity contribution is 4.69. The molecule has 4 nitrogen and oxygen atoms in total. The number of rotatable bonds is 0. The third kappa shape index (κ3) is 5.80. The first-order valence-corrected chi connectivity index (χ1v) is 6.28. The predicted molar refractivity (Wildman–Crippen MR) is 65.8 cm³/mol. The molecule has 0 unspecified atom stereocenters. The third-order valence-corrected chi connectivity index (χ3v) is 2.77. The van der Waals surface area contributed by atoms with Crippen LogP contribution in [0.1, 0.15) is 27.7 Å². The van der Waals surface area contributed by atoms with Gasteiger partial charge in [0, 0.05) is 25.2 Å². The zero-order chi connectivity index (χ0) is 12.0. The Morgan fingerprint density at radius 1 is 0.750 bits per heavy atom. The van der Waals surface area contributed by atoms with Crippen LogP contribution in [0, 0.1) is 0 Å². The van der Waals surface area contributed by atoms with Crippen molar-refractivity contribution in [2.24, 2.45) is 0 Å². The Kier molecular flexibility index (Phi) is 6.28. The summed E-state index contributed by atoms with van der Waals surface area (Å²) in [5, 5.41) is 6.61. The van der Waals surface area contributed by atoms with Crippen molar-refractivity contribution in [3.8, 4) is 0 Å². The van der Waals surface area contributed by atoms with E-state index < -0.39 is 0 Å². The number of hydrogen-bond donors (Lipinski definition) is 2. The second-order valence-electron chi connectivity index (χ2n) is 4.91. The first-order valence-electron chi connectivity index (χ1n) is 6.28. The van der Waals surface area contributed by atoms with E-state index in [1.807, 2.05) is 0 Å². The van der Waals surface area contributed by atoms with E-state index in [2.05, 4.69) is 38.3 Å². The van der Waals surface area contributed by atoms with Gasteiger partial charge in [-0.15, -0.1) is 0 Å². The Hall–Kier alpha value is -0.160. The van der Waals surface area contributed by atoms with Crippen molar-refractivity contribution in [1.29, 1.82) is 0 Å². The monoisotopic (exact) mass is 230 g/mol. The Balaban J connectivity index is 0.000000160. The van der Waals surface area contributed by atoms with Crippen molar-refractivity contribution in [2.75, 3.05) is 26.3 Å². The molecule has 16 heavy (non-hydrogen) atoms. The van der Waals surface area contributed by atoms with Crippen molar-refractivity contribution in [3.63, 3.8) is 0 Å². The van der Waals surface area contributed by atoms with E-state index in [-0.39, 0.29) is 0 Å². The van der Waals surface area contributed by atoms with Gasteiger partial charge < -0.3 is 20.1 Å². The van der Waals surface area contributed by atoms with Crippen molar-refractivity contribution in [2.45, 2.75) is 52.0 Å². The molecule has 2 heterocycles. The summed E-state index contributed by atoms with van der Waals surface area (Å²) in [6, 6.07) is 1.09. The van der Waals surface area contributed by atoms with Crippen molar-refractivity contribution in [3.05, 3.63) is 0 Å². The minimum absolute atomic E-state index is 0.409. The smallest absolute Gasteiger partial charge is 0.0672 e. The molecule has 0 bridgehead atoms. The molecule has 2 N–H and O–H groups in total. The fourth-order valence-electron chi connectivity index (χ4n) is 1.59. The van der Waals surface area contributed by atoms with Gasteiger partial charge in [-0.3, -0.25) is 0 Å². The van der Waals surface area contributed by atoms with Crippen LogP contribution < -0.4 is 10.6 Å². The van der Waals surface area contributed by atoms with Gasteiger partial charge in [0.25, 0.3) is 0 Å². The third-order valence-electron chi connectivity index (χ3n) is 2.77. The molecule has 2 rings (SSSR count). The first-order chi connectivity index (χ1) is 7.58. The van der Waals surface area contributed by atoms with E-state index in [0.29, 0.717) is 24.3 Å². The molecule has 2 fully saturated rings. The van der Waals surface area contributed by atoms with Crippen LogP contribution in [-0.2, 0) is 9.47 Å². The second-order valence-corrected chi connectivity index (χ2v) is 4.91. The lowest BCUT2D eigenvalue weighted by molar-refractivity contribution is 0.0195. The standard InChI is InChI=1S/2C6H13NO/c2*1-5-4-8-6(2)3-7-5/h2*5-7H,3-4H2,1-2H3/t2*5-,6+/m10/s1. The van der Waals surface area contributed by atoms with Crippen LogP contribution in [0.2, 0.25) is 0 Å². The van der Waals surface area contributed by atoms with Crippen LogP contribution in [0.3, 0.4) is 0 Å². The molecular weight excluding hydrogens is 204 g/mol. The molecular formula is C12H26N2O2. The van der Waals surface area contributed by atoms with Crippen LogP contribution >= 0.6 is 0 Å². The maximum absolute atomic E-state index is 5.33. The van der Waals surface area contributed by atoms with Crippen molar-refractivity contribution in [1.82, 2.24) is 10.6 Å². The SMILES string of the molecule is C[C@@H]1CN[C@@H](C)CO1.C[C@@H]1CO[C@@H](C)CN1. The molecule has 2 aliphatic rings. The molecule has 0 radical (unpaired) electrons. The molecule has 4 heteroatoms. The lowest BCUT2D eigenvalue weighted by Gasteiger charge is -2.25. The van der Waals surface area contributed by atoms with Crippen molar-refractivity contribution >= 4 is 0 Å². The summed E-state index contributed by atoms with van der Waals surface area (Å²) in [5.74, 6) is 0. The quantitative estimate of drug-likeness (QED) is 0.645.